The number of H-pyrrole nitrogens is 1. The van der Waals surface area contributed by atoms with E-state index in [1.807, 2.05) is 25.1 Å². The lowest BCUT2D eigenvalue weighted by molar-refractivity contribution is 1.34. The third-order valence-electron chi connectivity index (χ3n) is 2.87. The van der Waals surface area contributed by atoms with E-state index in [0.717, 1.165) is 22.2 Å². The number of nitrogens with zero attached hydrogens (tertiary/aromatic N) is 1. The SMILES string of the molecule is Cc1cc(Cl)c2nc(-c3ccc(Cl)cc3Cl)[nH]c2c1. The molecule has 0 aliphatic heterocycles. The Morgan fingerprint density at radius 3 is 2.53 bits per heavy atom. The van der Waals surface area contributed by atoms with Gasteiger partial charge < -0.3 is 4.98 Å². The molecular formula is C14H9Cl3N2. The van der Waals surface area contributed by atoms with Crippen molar-refractivity contribution < 1.29 is 0 Å². The topological polar surface area (TPSA) is 28.7 Å². The largest absolute Gasteiger partial charge is 0.338 e. The highest BCUT2D eigenvalue weighted by molar-refractivity contribution is 6.36. The number of hydrogen-bond donors (Lipinski definition) is 1. The van der Waals surface area contributed by atoms with Gasteiger partial charge in [-0.1, -0.05) is 34.8 Å². The first-order valence-electron chi connectivity index (χ1n) is 5.66. The van der Waals surface area contributed by atoms with Crippen LogP contribution in [0.25, 0.3) is 22.4 Å². The zero-order chi connectivity index (χ0) is 13.6. The Labute approximate surface area is 125 Å². The Balaban J connectivity index is 2.23. The number of nitrogens with one attached hydrogen (secondary N) is 1. The number of imidazole rings is 1. The van der Waals surface area contributed by atoms with Crippen LogP contribution < -0.4 is 0 Å². The molecule has 1 heterocycles. The summed E-state index contributed by atoms with van der Waals surface area (Å²) in [5.74, 6) is 0.684. The van der Waals surface area contributed by atoms with Crippen LogP contribution in [0.1, 0.15) is 5.56 Å². The number of benzene rings is 2. The van der Waals surface area contributed by atoms with E-state index in [1.165, 1.54) is 0 Å². The molecule has 1 N–H and O–H groups in total. The highest BCUT2D eigenvalue weighted by Gasteiger charge is 2.11. The van der Waals surface area contributed by atoms with Crippen LogP contribution in [0, 0.1) is 6.92 Å². The summed E-state index contributed by atoms with van der Waals surface area (Å²) in [6, 6.07) is 9.20. The van der Waals surface area contributed by atoms with Crippen LogP contribution in [0.2, 0.25) is 15.1 Å². The molecule has 0 saturated heterocycles. The minimum absolute atomic E-state index is 0.555. The van der Waals surface area contributed by atoms with Gasteiger partial charge in [-0.3, -0.25) is 0 Å². The lowest BCUT2D eigenvalue weighted by atomic mass is 10.2. The highest BCUT2D eigenvalue weighted by atomic mass is 35.5. The zero-order valence-corrected chi connectivity index (χ0v) is 12.2. The van der Waals surface area contributed by atoms with Crippen LogP contribution in [0.5, 0.6) is 0 Å². The second kappa shape index (κ2) is 4.71. The van der Waals surface area contributed by atoms with Crippen LogP contribution in [0.15, 0.2) is 30.3 Å². The molecule has 0 fully saturated rings. The van der Waals surface area contributed by atoms with E-state index >= 15 is 0 Å². The molecule has 19 heavy (non-hydrogen) atoms. The molecule has 0 bridgehead atoms. The van der Waals surface area contributed by atoms with Gasteiger partial charge in [-0.25, -0.2) is 4.98 Å². The van der Waals surface area contributed by atoms with Crippen LogP contribution in [0.3, 0.4) is 0 Å². The van der Waals surface area contributed by atoms with Gasteiger partial charge in [0.05, 0.1) is 15.6 Å². The first-order valence-corrected chi connectivity index (χ1v) is 6.79. The summed E-state index contributed by atoms with van der Waals surface area (Å²) in [7, 11) is 0. The average Bonchev–Trinajstić information content (AvgIpc) is 2.72. The van der Waals surface area contributed by atoms with Crippen LogP contribution in [0.4, 0.5) is 0 Å². The van der Waals surface area contributed by atoms with Gasteiger partial charge in [0.2, 0.25) is 0 Å². The zero-order valence-electron chi connectivity index (χ0n) is 9.97. The predicted octanol–water partition coefficient (Wildman–Crippen LogP) is 5.50. The maximum absolute atomic E-state index is 6.19. The lowest BCUT2D eigenvalue weighted by Gasteiger charge is -2.00. The van der Waals surface area contributed by atoms with E-state index < -0.39 is 0 Å². The summed E-state index contributed by atoms with van der Waals surface area (Å²) >= 11 is 18.3. The summed E-state index contributed by atoms with van der Waals surface area (Å²) in [6.07, 6.45) is 0. The lowest BCUT2D eigenvalue weighted by Crippen LogP contribution is -1.81. The molecule has 0 radical (unpaired) electrons. The number of halogens is 3. The van der Waals surface area contributed by atoms with E-state index in [2.05, 4.69) is 9.97 Å². The van der Waals surface area contributed by atoms with E-state index in [4.69, 9.17) is 34.8 Å². The van der Waals surface area contributed by atoms with E-state index in [9.17, 15) is 0 Å². The molecule has 5 heteroatoms. The van der Waals surface area contributed by atoms with Gasteiger partial charge in [-0.2, -0.15) is 0 Å². The molecule has 0 aliphatic carbocycles. The molecule has 0 spiro atoms. The molecule has 3 aromatic rings. The first-order chi connectivity index (χ1) is 9.04. The Morgan fingerprint density at radius 2 is 1.79 bits per heavy atom. The van der Waals surface area contributed by atoms with Crippen molar-refractivity contribution in [3.05, 3.63) is 51.0 Å². The Kier molecular flexibility index (Phi) is 3.17. The summed E-state index contributed by atoms with van der Waals surface area (Å²) in [6.45, 7) is 1.99. The second-order valence-corrected chi connectivity index (χ2v) is 5.60. The van der Waals surface area contributed by atoms with Gasteiger partial charge in [0, 0.05) is 10.6 Å². The molecule has 1 aromatic heterocycles. The van der Waals surface area contributed by atoms with E-state index in [0.29, 0.717) is 20.9 Å². The van der Waals surface area contributed by atoms with E-state index in [-0.39, 0.29) is 0 Å². The minimum atomic E-state index is 0.555. The van der Waals surface area contributed by atoms with Crippen molar-refractivity contribution in [1.82, 2.24) is 9.97 Å². The Hall–Kier alpha value is -1.22. The van der Waals surface area contributed by atoms with Crippen molar-refractivity contribution in [2.75, 3.05) is 0 Å². The fourth-order valence-corrected chi connectivity index (χ4v) is 2.83. The molecule has 2 nitrogen and oxygen atoms in total. The molecule has 0 aliphatic rings. The normalized spacial score (nSPS) is 11.2. The number of aryl methyl sites for hydroxylation is 1. The number of hydrogen-bond acceptors (Lipinski definition) is 1. The average molecular weight is 312 g/mol. The number of aromatic amines is 1. The molecule has 2 aromatic carbocycles. The fraction of sp³-hybridized carbons (Fsp3) is 0.0714. The van der Waals surface area contributed by atoms with E-state index in [1.54, 1.807) is 12.1 Å². The maximum atomic E-state index is 6.19. The van der Waals surface area contributed by atoms with Crippen LogP contribution in [-0.4, -0.2) is 9.97 Å². The standard InChI is InChI=1S/C14H9Cl3N2/c1-7-4-11(17)13-12(5-7)18-14(19-13)9-3-2-8(15)6-10(9)16/h2-6H,1H3,(H,18,19). The summed E-state index contributed by atoms with van der Waals surface area (Å²) in [4.78, 5) is 7.73. The smallest absolute Gasteiger partial charge is 0.140 e. The van der Waals surface area contributed by atoms with Gasteiger partial charge in [-0.05, 0) is 42.8 Å². The highest BCUT2D eigenvalue weighted by Crippen LogP contribution is 2.32. The van der Waals surface area contributed by atoms with Crippen molar-refractivity contribution in [3.63, 3.8) is 0 Å². The number of rotatable bonds is 1. The van der Waals surface area contributed by atoms with Gasteiger partial charge in [0.25, 0.3) is 0 Å². The summed E-state index contributed by atoms with van der Waals surface area (Å²) in [5.41, 5.74) is 3.52. The molecule has 0 unspecified atom stereocenters. The fourth-order valence-electron chi connectivity index (χ4n) is 2.02. The quantitative estimate of drug-likeness (QED) is 0.631. The molecule has 0 amide bonds. The number of fused-ring (bicyclic) bond motifs is 1. The summed E-state index contributed by atoms with van der Waals surface area (Å²) < 4.78 is 0. The molecule has 0 atom stereocenters. The second-order valence-electron chi connectivity index (χ2n) is 4.35. The Bertz CT molecular complexity index is 778. The number of aromatic nitrogens is 2. The van der Waals surface area contributed by atoms with Crippen molar-refractivity contribution in [3.8, 4) is 11.4 Å². The third kappa shape index (κ3) is 2.32. The van der Waals surface area contributed by atoms with Crippen molar-refractivity contribution in [1.29, 1.82) is 0 Å². The first kappa shape index (κ1) is 12.8. The van der Waals surface area contributed by atoms with Gasteiger partial charge in [0.1, 0.15) is 11.3 Å². The van der Waals surface area contributed by atoms with Crippen molar-refractivity contribution in [2.24, 2.45) is 0 Å². The van der Waals surface area contributed by atoms with Crippen LogP contribution >= 0.6 is 34.8 Å². The molecule has 3 rings (SSSR count). The Morgan fingerprint density at radius 1 is 1.00 bits per heavy atom. The van der Waals surface area contributed by atoms with Crippen molar-refractivity contribution in [2.45, 2.75) is 6.92 Å². The third-order valence-corrected chi connectivity index (χ3v) is 3.71. The minimum Gasteiger partial charge on any atom is -0.338 e. The molecular weight excluding hydrogens is 303 g/mol. The van der Waals surface area contributed by atoms with Gasteiger partial charge >= 0.3 is 0 Å². The predicted molar refractivity (Wildman–Crippen MR) is 81.3 cm³/mol. The van der Waals surface area contributed by atoms with Gasteiger partial charge in [-0.15, -0.1) is 0 Å². The monoisotopic (exact) mass is 310 g/mol. The van der Waals surface area contributed by atoms with Gasteiger partial charge in [0.15, 0.2) is 0 Å². The van der Waals surface area contributed by atoms with Crippen LogP contribution in [-0.2, 0) is 0 Å². The summed E-state index contributed by atoms with van der Waals surface area (Å²) in [5, 5.41) is 1.78. The molecule has 96 valence electrons. The maximum Gasteiger partial charge on any atom is 0.140 e. The van der Waals surface area contributed by atoms with Crippen molar-refractivity contribution >= 4 is 45.8 Å². The molecule has 0 saturated carbocycles.